The van der Waals surface area contributed by atoms with Gasteiger partial charge in [0.1, 0.15) is 17.9 Å². The van der Waals surface area contributed by atoms with Gasteiger partial charge in [-0.05, 0) is 33.8 Å². The molecule has 0 bridgehead atoms. The standard InChI is InChI=1S/C24H39N7O.HI/c1-6-23-29-27-17-30(23)14-12-25-24(26-13-15-31(18(2)3)19(4)5)28-21-11-16-32-22-10-8-7-9-20(21)22;/h7-10,17-19,21H,6,11-16H2,1-5H3,(H2,25,26,28);1H. The first-order chi connectivity index (χ1) is 15.5. The van der Waals surface area contributed by atoms with Crippen LogP contribution in [0.4, 0.5) is 0 Å². The first kappa shape index (κ1) is 27.4. The quantitative estimate of drug-likeness (QED) is 0.259. The lowest BCUT2D eigenvalue weighted by atomic mass is 10.0. The van der Waals surface area contributed by atoms with E-state index in [4.69, 9.17) is 9.73 Å². The molecule has 8 nitrogen and oxygen atoms in total. The molecule has 1 aromatic carbocycles. The van der Waals surface area contributed by atoms with Crippen LogP contribution in [0, 0.1) is 0 Å². The van der Waals surface area contributed by atoms with E-state index in [0.29, 0.717) is 18.7 Å². The number of halogens is 1. The Balaban J connectivity index is 0.00000385. The molecule has 0 aliphatic carbocycles. The molecule has 1 atom stereocenters. The van der Waals surface area contributed by atoms with Crippen LogP contribution in [0.1, 0.15) is 58.5 Å². The van der Waals surface area contributed by atoms with Crippen molar-refractivity contribution in [3.8, 4) is 5.75 Å². The maximum Gasteiger partial charge on any atom is 0.191 e. The summed E-state index contributed by atoms with van der Waals surface area (Å²) in [5.41, 5.74) is 1.19. The molecular formula is C24H40IN7O. The zero-order chi connectivity index (χ0) is 22.9. The number of nitrogens with one attached hydrogen (secondary N) is 2. The number of hydrogen-bond donors (Lipinski definition) is 2. The lowest BCUT2D eigenvalue weighted by Gasteiger charge is -2.30. The summed E-state index contributed by atoms with van der Waals surface area (Å²) >= 11 is 0. The summed E-state index contributed by atoms with van der Waals surface area (Å²) in [5, 5.41) is 15.4. The van der Waals surface area contributed by atoms with Crippen LogP contribution in [-0.2, 0) is 13.0 Å². The third-order valence-electron chi connectivity index (χ3n) is 5.88. The normalized spacial score (nSPS) is 15.9. The van der Waals surface area contributed by atoms with Crippen LogP contribution in [-0.4, -0.2) is 63.9 Å². The van der Waals surface area contributed by atoms with Crippen LogP contribution in [0.2, 0.25) is 0 Å². The average molecular weight is 570 g/mol. The molecule has 1 unspecified atom stereocenters. The minimum Gasteiger partial charge on any atom is -0.493 e. The Bertz CT molecular complexity index is 860. The molecule has 0 fully saturated rings. The third kappa shape index (κ3) is 7.84. The van der Waals surface area contributed by atoms with Gasteiger partial charge in [-0.1, -0.05) is 25.1 Å². The predicted octanol–water partition coefficient (Wildman–Crippen LogP) is 3.64. The summed E-state index contributed by atoms with van der Waals surface area (Å²) in [6, 6.07) is 9.43. The van der Waals surface area contributed by atoms with Crippen molar-refractivity contribution in [2.75, 3.05) is 26.2 Å². The van der Waals surface area contributed by atoms with E-state index >= 15 is 0 Å². The minimum atomic E-state index is 0. The zero-order valence-corrected chi connectivity index (χ0v) is 23.0. The van der Waals surface area contributed by atoms with Crippen LogP contribution in [0.5, 0.6) is 5.75 Å². The number of aryl methyl sites for hydroxylation is 1. The van der Waals surface area contributed by atoms with Gasteiger partial charge >= 0.3 is 0 Å². The van der Waals surface area contributed by atoms with E-state index in [-0.39, 0.29) is 30.0 Å². The van der Waals surface area contributed by atoms with Crippen LogP contribution in [0.15, 0.2) is 35.6 Å². The van der Waals surface area contributed by atoms with E-state index in [1.807, 2.05) is 12.1 Å². The number of hydrogen-bond acceptors (Lipinski definition) is 5. The predicted molar refractivity (Wildman–Crippen MR) is 145 cm³/mol. The number of guanidine groups is 1. The minimum absolute atomic E-state index is 0. The fourth-order valence-electron chi connectivity index (χ4n) is 4.23. The molecule has 1 aliphatic heterocycles. The van der Waals surface area contributed by atoms with Crippen molar-refractivity contribution in [2.24, 2.45) is 4.99 Å². The molecule has 184 valence electrons. The molecule has 1 aromatic heterocycles. The molecule has 1 aliphatic rings. The van der Waals surface area contributed by atoms with Crippen LogP contribution in [0.25, 0.3) is 0 Å². The van der Waals surface area contributed by atoms with Gasteiger partial charge in [0.05, 0.1) is 19.2 Å². The van der Waals surface area contributed by atoms with Gasteiger partial charge in [-0.15, -0.1) is 34.2 Å². The van der Waals surface area contributed by atoms with E-state index in [9.17, 15) is 0 Å². The molecular weight excluding hydrogens is 529 g/mol. The van der Waals surface area contributed by atoms with Gasteiger partial charge in [0, 0.05) is 50.1 Å². The second kappa shape index (κ2) is 13.7. The first-order valence-electron chi connectivity index (χ1n) is 11.9. The summed E-state index contributed by atoms with van der Waals surface area (Å²) in [4.78, 5) is 7.40. The fraction of sp³-hybridized carbons (Fsp3) is 0.625. The summed E-state index contributed by atoms with van der Waals surface area (Å²) in [7, 11) is 0. The van der Waals surface area contributed by atoms with Crippen LogP contribution < -0.4 is 15.4 Å². The monoisotopic (exact) mass is 569 g/mol. The smallest absolute Gasteiger partial charge is 0.191 e. The fourth-order valence-corrected chi connectivity index (χ4v) is 4.23. The Morgan fingerprint density at radius 3 is 2.73 bits per heavy atom. The summed E-state index contributed by atoms with van der Waals surface area (Å²) in [6.07, 6.45) is 3.58. The van der Waals surface area contributed by atoms with Crippen molar-refractivity contribution in [1.82, 2.24) is 30.3 Å². The number of fused-ring (bicyclic) bond motifs is 1. The molecule has 33 heavy (non-hydrogen) atoms. The van der Waals surface area contributed by atoms with Crippen molar-refractivity contribution in [2.45, 2.75) is 72.1 Å². The number of rotatable bonds is 10. The first-order valence-corrected chi connectivity index (χ1v) is 11.9. The highest BCUT2D eigenvalue weighted by Crippen LogP contribution is 2.31. The highest BCUT2D eigenvalue weighted by Gasteiger charge is 2.22. The van der Waals surface area contributed by atoms with Crippen molar-refractivity contribution in [3.05, 3.63) is 42.0 Å². The average Bonchev–Trinajstić information content (AvgIpc) is 3.23. The topological polar surface area (TPSA) is 79.6 Å². The summed E-state index contributed by atoms with van der Waals surface area (Å²) in [5.74, 6) is 2.80. The van der Waals surface area contributed by atoms with Crippen molar-refractivity contribution in [1.29, 1.82) is 0 Å². The van der Waals surface area contributed by atoms with E-state index in [2.05, 4.69) is 77.0 Å². The Kier molecular flexibility index (Phi) is 11.4. The molecule has 0 radical (unpaired) electrons. The largest absolute Gasteiger partial charge is 0.493 e. The number of nitrogens with zero attached hydrogens (tertiary/aromatic N) is 5. The molecule has 0 saturated heterocycles. The molecule has 2 heterocycles. The molecule has 0 saturated carbocycles. The van der Waals surface area contributed by atoms with Gasteiger partial charge in [-0.2, -0.15) is 0 Å². The molecule has 9 heteroatoms. The molecule has 0 amide bonds. The Hall–Kier alpha value is -1.88. The highest BCUT2D eigenvalue weighted by atomic mass is 127. The van der Waals surface area contributed by atoms with Crippen molar-refractivity contribution >= 4 is 29.9 Å². The Morgan fingerprint density at radius 1 is 1.24 bits per heavy atom. The van der Waals surface area contributed by atoms with Gasteiger partial charge < -0.3 is 19.9 Å². The second-order valence-corrected chi connectivity index (χ2v) is 8.75. The summed E-state index contributed by atoms with van der Waals surface area (Å²) < 4.78 is 7.92. The Morgan fingerprint density at radius 2 is 2.00 bits per heavy atom. The maximum atomic E-state index is 5.83. The summed E-state index contributed by atoms with van der Waals surface area (Å²) in [6.45, 7) is 15.0. The van der Waals surface area contributed by atoms with E-state index in [1.165, 1.54) is 5.56 Å². The van der Waals surface area contributed by atoms with Gasteiger partial charge in [0.15, 0.2) is 5.96 Å². The number of ether oxygens (including phenoxy) is 1. The Labute approximate surface area is 215 Å². The SMILES string of the molecule is CCc1nncn1CCNC(=NCCN(C(C)C)C(C)C)NC1CCOc2ccccc21.I. The second-order valence-electron chi connectivity index (χ2n) is 8.75. The number of aliphatic imine (C=N–C) groups is 1. The van der Waals surface area contributed by atoms with Crippen LogP contribution in [0.3, 0.4) is 0 Å². The van der Waals surface area contributed by atoms with Crippen molar-refractivity contribution < 1.29 is 4.74 Å². The van der Waals surface area contributed by atoms with Gasteiger partial charge in [-0.25, -0.2) is 0 Å². The molecule has 2 N–H and O–H groups in total. The van der Waals surface area contributed by atoms with Gasteiger partial charge in [0.2, 0.25) is 0 Å². The van der Waals surface area contributed by atoms with Crippen molar-refractivity contribution in [3.63, 3.8) is 0 Å². The van der Waals surface area contributed by atoms with E-state index < -0.39 is 0 Å². The molecule has 3 rings (SSSR count). The number of para-hydroxylation sites is 1. The van der Waals surface area contributed by atoms with Crippen LogP contribution >= 0.6 is 24.0 Å². The lowest BCUT2D eigenvalue weighted by Crippen LogP contribution is -2.43. The number of benzene rings is 1. The zero-order valence-electron chi connectivity index (χ0n) is 20.6. The molecule has 0 spiro atoms. The van der Waals surface area contributed by atoms with Gasteiger partial charge in [-0.3, -0.25) is 9.89 Å². The number of aromatic nitrogens is 3. The van der Waals surface area contributed by atoms with E-state index in [0.717, 1.165) is 56.6 Å². The maximum absolute atomic E-state index is 5.83. The third-order valence-corrected chi connectivity index (χ3v) is 5.88. The lowest BCUT2D eigenvalue weighted by molar-refractivity contribution is 0.181. The van der Waals surface area contributed by atoms with Gasteiger partial charge in [0.25, 0.3) is 0 Å². The highest BCUT2D eigenvalue weighted by molar-refractivity contribution is 14.0. The van der Waals surface area contributed by atoms with E-state index in [1.54, 1.807) is 6.33 Å². The molecule has 2 aromatic rings.